The SMILES string of the molecule is [CH2-]c1c(-c2cc(F)ccc2OCCCCOc2ccc(F)cc2-c2csc(-n3c4ccc(C(C)(C)C)cc4c4cc(C(C)(C)C)ccc43)c2O)csc1-n1c2ccc(C(C)(C)C)cc2c2cc(C(C)(C)C)ccc21.[CH2-]c1ccccc1.[CH2-]c1ccccc1.[Zr+3]. The van der Waals surface area contributed by atoms with Crippen molar-refractivity contribution in [3.63, 3.8) is 0 Å². The topological polar surface area (TPSA) is 48.6 Å². The number of unbranched alkanes of at least 4 members (excludes halogenated alkanes) is 1. The Labute approximate surface area is 553 Å². The second kappa shape index (κ2) is 26.5. The van der Waals surface area contributed by atoms with Gasteiger partial charge in [-0.3, -0.25) is 4.57 Å². The van der Waals surface area contributed by atoms with Crippen LogP contribution < -0.4 is 9.47 Å². The molecule has 5 nitrogen and oxygen atoms in total. The second-order valence-corrected chi connectivity index (χ2v) is 28.7. The normalized spacial score (nSPS) is 12.0. The molecule has 89 heavy (non-hydrogen) atoms. The molecule has 0 saturated heterocycles. The fraction of sp³-hybridized carbons (Fsp3) is 0.253. The number of nitrogens with zero attached hydrogens (tertiary/aromatic N) is 2. The third-order valence-electron chi connectivity index (χ3n) is 16.2. The van der Waals surface area contributed by atoms with Crippen molar-refractivity contribution in [1.29, 1.82) is 0 Å². The summed E-state index contributed by atoms with van der Waals surface area (Å²) in [4.78, 5) is 0. The van der Waals surface area contributed by atoms with Gasteiger partial charge in [-0.2, -0.15) is 61.7 Å². The fourth-order valence-corrected chi connectivity index (χ4v) is 13.1. The molecule has 0 fully saturated rings. The maximum absolute atomic E-state index is 15.1. The molecule has 12 aromatic rings. The van der Waals surface area contributed by atoms with E-state index in [1.807, 2.05) is 66.0 Å². The largest absolute Gasteiger partial charge is 3.00 e. The van der Waals surface area contributed by atoms with E-state index >= 15 is 8.78 Å². The number of thiophene rings is 2. The average molecular weight is 1300 g/mol. The van der Waals surface area contributed by atoms with E-state index < -0.39 is 5.82 Å². The van der Waals surface area contributed by atoms with E-state index in [1.165, 1.54) is 68.6 Å². The van der Waals surface area contributed by atoms with Gasteiger partial charge < -0.3 is 19.1 Å². The number of hydrogen-bond donors (Lipinski definition) is 1. The zero-order valence-corrected chi connectivity index (χ0v) is 57.6. The van der Waals surface area contributed by atoms with Crippen molar-refractivity contribution in [1.82, 2.24) is 9.13 Å². The summed E-state index contributed by atoms with van der Waals surface area (Å²) in [5.41, 5.74) is 14.5. The van der Waals surface area contributed by atoms with E-state index in [9.17, 15) is 5.11 Å². The van der Waals surface area contributed by atoms with E-state index in [-0.39, 0.29) is 59.4 Å². The predicted molar refractivity (Wildman–Crippen MR) is 371 cm³/mol. The molecule has 0 aliphatic rings. The van der Waals surface area contributed by atoms with Gasteiger partial charge >= 0.3 is 26.2 Å². The van der Waals surface area contributed by atoms with Crippen molar-refractivity contribution in [2.24, 2.45) is 0 Å². The van der Waals surface area contributed by atoms with E-state index in [0.717, 1.165) is 60.1 Å². The summed E-state index contributed by atoms with van der Waals surface area (Å²) in [6.07, 6.45) is 1.27. The summed E-state index contributed by atoms with van der Waals surface area (Å²) in [6.45, 7) is 39.5. The molecule has 0 bridgehead atoms. The Morgan fingerprint density at radius 2 is 0.730 bits per heavy atom. The van der Waals surface area contributed by atoms with Crippen LogP contribution in [0.4, 0.5) is 8.78 Å². The van der Waals surface area contributed by atoms with Crippen LogP contribution in [-0.2, 0) is 47.9 Å². The van der Waals surface area contributed by atoms with Crippen molar-refractivity contribution in [3.8, 4) is 49.5 Å². The molecule has 0 atom stereocenters. The molecular formula is C79H81F2N2O3S2Zr. The van der Waals surface area contributed by atoms with Gasteiger partial charge in [-0.25, -0.2) is 20.1 Å². The van der Waals surface area contributed by atoms with Crippen molar-refractivity contribution in [2.75, 3.05) is 13.2 Å². The minimum absolute atomic E-state index is 0. The van der Waals surface area contributed by atoms with Crippen molar-refractivity contribution in [3.05, 3.63) is 252 Å². The molecule has 8 aromatic carbocycles. The number of ether oxygens (including phenoxy) is 2. The van der Waals surface area contributed by atoms with Crippen LogP contribution in [0.15, 0.2) is 181 Å². The van der Waals surface area contributed by atoms with Crippen LogP contribution in [0.5, 0.6) is 17.2 Å². The molecule has 0 spiro atoms. The minimum Gasteiger partial charge on any atom is -0.504 e. The fourth-order valence-electron chi connectivity index (χ4n) is 11.0. The summed E-state index contributed by atoms with van der Waals surface area (Å²) in [6, 6.07) is 55.6. The molecule has 0 saturated carbocycles. The van der Waals surface area contributed by atoms with Gasteiger partial charge in [0.15, 0.2) is 5.75 Å². The Morgan fingerprint density at radius 1 is 0.404 bits per heavy atom. The molecule has 0 aliphatic heterocycles. The minimum atomic E-state index is -0.424. The van der Waals surface area contributed by atoms with Crippen molar-refractivity contribution in [2.45, 2.75) is 118 Å². The molecule has 10 heteroatoms. The van der Waals surface area contributed by atoms with Gasteiger partial charge in [0, 0.05) is 49.1 Å². The summed E-state index contributed by atoms with van der Waals surface area (Å²) >= 11 is 3.02. The zero-order chi connectivity index (χ0) is 63.0. The first kappa shape index (κ1) is 65.9. The summed E-state index contributed by atoms with van der Waals surface area (Å²) in [5, 5.41) is 22.3. The number of halogens is 2. The van der Waals surface area contributed by atoms with Crippen LogP contribution in [0.3, 0.4) is 0 Å². The molecule has 12 rings (SSSR count). The molecule has 1 radical (unpaired) electrons. The van der Waals surface area contributed by atoms with Crippen LogP contribution in [0.2, 0.25) is 0 Å². The summed E-state index contributed by atoms with van der Waals surface area (Å²) in [7, 11) is 0. The van der Waals surface area contributed by atoms with Crippen LogP contribution in [-0.4, -0.2) is 27.5 Å². The maximum atomic E-state index is 15.1. The van der Waals surface area contributed by atoms with Gasteiger partial charge in [-0.15, -0.1) is 41.2 Å². The van der Waals surface area contributed by atoms with E-state index in [1.54, 1.807) is 23.5 Å². The first-order valence-corrected chi connectivity index (χ1v) is 32.0. The summed E-state index contributed by atoms with van der Waals surface area (Å²) in [5.74, 6) is 0.337. The third kappa shape index (κ3) is 14.4. The van der Waals surface area contributed by atoms with Gasteiger partial charge in [0.2, 0.25) is 0 Å². The Bertz CT molecular complexity index is 4020. The van der Waals surface area contributed by atoms with Crippen LogP contribution in [0.25, 0.3) is 75.9 Å². The Balaban J connectivity index is 0.000000553. The number of hydrogen-bond acceptors (Lipinski definition) is 5. The van der Waals surface area contributed by atoms with Gasteiger partial charge in [0.05, 0.1) is 24.2 Å². The monoisotopic (exact) mass is 1300 g/mol. The van der Waals surface area contributed by atoms with E-state index in [4.69, 9.17) is 9.47 Å². The Morgan fingerprint density at radius 3 is 1.07 bits per heavy atom. The molecule has 0 amide bonds. The van der Waals surface area contributed by atoms with Crippen LogP contribution in [0, 0.1) is 32.4 Å². The quantitative estimate of drug-likeness (QED) is 0.104. The average Bonchev–Trinajstić information content (AvgIpc) is 1.74. The molecule has 4 heterocycles. The third-order valence-corrected chi connectivity index (χ3v) is 18.2. The Kier molecular flexibility index (Phi) is 19.7. The van der Waals surface area contributed by atoms with Crippen molar-refractivity contribution < 1.29 is 49.6 Å². The first-order valence-electron chi connectivity index (χ1n) is 30.2. The van der Waals surface area contributed by atoms with Gasteiger partial charge in [-0.1, -0.05) is 125 Å². The standard InChI is InChI=1S/C65H67F2N2O3S2.2C7H7.Zr/c1-38-51(36-73-60(38)68-53-22-16-39(62(2,3)4)30-45(53)46-31-40(63(5,6)7)17-23-54(46)68)49-34-43(66)20-26-57(49)71-28-14-15-29-72-58-27-21-44(67)35-50(58)52-37-74-61(59(52)70)69-55-24-18-41(64(8,9)10)32-47(55)48-33-42(65(11,12)13)19-25-56(48)69;2*1-7-5-3-2-4-6-7;/h16-27,30-37,70H,1,14-15,28-29H2,2-13H3;2*2-6H,1H2;/q3*-1;+3. The molecule has 1 N–H and O–H groups in total. The molecule has 4 aromatic heterocycles. The zero-order valence-electron chi connectivity index (χ0n) is 53.5. The molecular weight excluding hydrogens is 1220 g/mol. The van der Waals surface area contributed by atoms with Gasteiger partial charge in [0.1, 0.15) is 28.1 Å². The van der Waals surface area contributed by atoms with Gasteiger partial charge in [0.25, 0.3) is 0 Å². The molecule has 455 valence electrons. The smallest absolute Gasteiger partial charge is 0.504 e. The number of benzene rings is 8. The number of fused-ring (bicyclic) bond motifs is 6. The number of aromatic hydroxyl groups is 1. The van der Waals surface area contributed by atoms with Gasteiger partial charge in [-0.05, 0) is 152 Å². The van der Waals surface area contributed by atoms with Crippen molar-refractivity contribution >= 4 is 66.3 Å². The second-order valence-electron chi connectivity index (χ2n) is 27.0. The Hall–Kier alpha value is -7.49. The first-order chi connectivity index (χ1) is 41.7. The molecule has 0 unspecified atom stereocenters. The maximum Gasteiger partial charge on any atom is 3.00 e. The predicted octanol–water partition coefficient (Wildman–Crippen LogP) is 22.7. The number of aromatic nitrogens is 2. The van der Waals surface area contributed by atoms with Crippen LogP contribution in [0.1, 0.15) is 135 Å². The van der Waals surface area contributed by atoms with E-state index in [2.05, 4.69) is 191 Å². The summed E-state index contributed by atoms with van der Waals surface area (Å²) < 4.78 is 47.5. The molecule has 0 aliphatic carbocycles. The van der Waals surface area contributed by atoms with E-state index in [0.29, 0.717) is 59.2 Å². The number of rotatable bonds is 11. The van der Waals surface area contributed by atoms with Crippen LogP contribution >= 0.6 is 22.7 Å².